The van der Waals surface area contributed by atoms with Gasteiger partial charge in [0, 0.05) is 18.4 Å². The first-order valence-corrected chi connectivity index (χ1v) is 6.50. The first kappa shape index (κ1) is 11.1. The van der Waals surface area contributed by atoms with Crippen LogP contribution >= 0.6 is 0 Å². The Labute approximate surface area is 92.6 Å². The molecule has 0 radical (unpaired) electrons. The van der Waals surface area contributed by atoms with Gasteiger partial charge in [-0.25, -0.2) is 0 Å². The lowest BCUT2D eigenvalue weighted by Gasteiger charge is -2.29. The van der Waals surface area contributed by atoms with Crippen LogP contribution in [0.5, 0.6) is 0 Å². The van der Waals surface area contributed by atoms with Gasteiger partial charge >= 0.3 is 0 Å². The predicted octanol–water partition coefficient (Wildman–Crippen LogP) is 2.65. The maximum Gasteiger partial charge on any atom is 0.140 e. The van der Waals surface area contributed by atoms with E-state index in [1.54, 1.807) is 0 Å². The van der Waals surface area contributed by atoms with Gasteiger partial charge in [-0.05, 0) is 31.6 Å². The Morgan fingerprint density at radius 1 is 1.13 bits per heavy atom. The summed E-state index contributed by atoms with van der Waals surface area (Å²) in [5, 5.41) is 0. The van der Waals surface area contributed by atoms with Crippen LogP contribution in [0.2, 0.25) is 0 Å². The van der Waals surface area contributed by atoms with E-state index in [0.29, 0.717) is 18.2 Å². The number of hydrogen-bond acceptors (Lipinski definition) is 2. The van der Waals surface area contributed by atoms with E-state index in [0.717, 1.165) is 19.3 Å². The summed E-state index contributed by atoms with van der Waals surface area (Å²) >= 11 is 0. The number of hydrogen-bond donors (Lipinski definition) is 1. The molecule has 86 valence electrons. The van der Waals surface area contributed by atoms with Crippen molar-refractivity contribution in [3.8, 4) is 0 Å². The molecular weight excluding hydrogens is 186 g/mol. The Morgan fingerprint density at radius 3 is 2.20 bits per heavy atom. The third kappa shape index (κ3) is 2.60. The smallest absolute Gasteiger partial charge is 0.140 e. The Bertz CT molecular complexity index is 225. The lowest BCUT2D eigenvalue weighted by Crippen LogP contribution is -2.38. The molecule has 0 amide bonds. The maximum atomic E-state index is 12.3. The normalized spacial score (nSPS) is 25.9. The minimum atomic E-state index is -0.126. The van der Waals surface area contributed by atoms with Crippen LogP contribution < -0.4 is 5.73 Å². The second kappa shape index (κ2) is 4.65. The van der Waals surface area contributed by atoms with Gasteiger partial charge in [0.15, 0.2) is 0 Å². The average molecular weight is 209 g/mol. The van der Waals surface area contributed by atoms with Crippen molar-refractivity contribution in [1.29, 1.82) is 0 Å². The highest BCUT2D eigenvalue weighted by atomic mass is 16.1. The zero-order chi connectivity index (χ0) is 10.7. The summed E-state index contributed by atoms with van der Waals surface area (Å²) in [4.78, 5) is 12.3. The zero-order valence-electron chi connectivity index (χ0n) is 9.63. The molecule has 15 heavy (non-hydrogen) atoms. The number of carbonyl (C=O) groups is 1. The minimum Gasteiger partial charge on any atom is -0.329 e. The second-order valence-corrected chi connectivity index (χ2v) is 5.47. The van der Waals surface area contributed by atoms with Crippen LogP contribution in [0.15, 0.2) is 0 Å². The highest BCUT2D eigenvalue weighted by Crippen LogP contribution is 2.40. The van der Waals surface area contributed by atoms with Crippen LogP contribution in [0.3, 0.4) is 0 Å². The number of nitrogens with two attached hydrogens (primary N) is 1. The zero-order valence-corrected chi connectivity index (χ0v) is 9.63. The highest BCUT2D eigenvalue weighted by molar-refractivity contribution is 5.85. The number of Topliss-reactive ketones (excluding diaryl/α,β-unsaturated/α-hetero) is 1. The quantitative estimate of drug-likeness (QED) is 0.723. The van der Waals surface area contributed by atoms with E-state index in [1.807, 2.05) is 0 Å². The van der Waals surface area contributed by atoms with Crippen LogP contribution in [-0.4, -0.2) is 12.3 Å². The Balaban J connectivity index is 1.99. The topological polar surface area (TPSA) is 43.1 Å². The van der Waals surface area contributed by atoms with E-state index in [2.05, 4.69) is 0 Å². The summed E-state index contributed by atoms with van der Waals surface area (Å²) in [6, 6.07) is 0. The molecule has 0 bridgehead atoms. The minimum absolute atomic E-state index is 0.126. The van der Waals surface area contributed by atoms with Crippen molar-refractivity contribution in [3.63, 3.8) is 0 Å². The van der Waals surface area contributed by atoms with E-state index in [1.165, 1.54) is 38.5 Å². The van der Waals surface area contributed by atoms with Crippen LogP contribution in [-0.2, 0) is 4.79 Å². The van der Waals surface area contributed by atoms with Gasteiger partial charge in [-0.15, -0.1) is 0 Å². The first-order chi connectivity index (χ1) is 7.27. The molecule has 2 aliphatic carbocycles. The van der Waals surface area contributed by atoms with E-state index in [4.69, 9.17) is 5.73 Å². The van der Waals surface area contributed by atoms with Crippen molar-refractivity contribution < 1.29 is 4.79 Å². The summed E-state index contributed by atoms with van der Waals surface area (Å²) in [5.74, 6) is 1.19. The van der Waals surface area contributed by atoms with Crippen LogP contribution in [0.25, 0.3) is 0 Å². The van der Waals surface area contributed by atoms with Gasteiger partial charge in [-0.2, -0.15) is 0 Å². The highest BCUT2D eigenvalue weighted by Gasteiger charge is 2.39. The molecule has 0 unspecified atom stereocenters. The summed E-state index contributed by atoms with van der Waals surface area (Å²) in [6.45, 7) is 0.582. The summed E-state index contributed by atoms with van der Waals surface area (Å²) in [6.07, 6.45) is 10.4. The van der Waals surface area contributed by atoms with Crippen LogP contribution in [0, 0.1) is 11.3 Å². The van der Waals surface area contributed by atoms with E-state index in [-0.39, 0.29) is 5.41 Å². The van der Waals surface area contributed by atoms with Gasteiger partial charge in [-0.3, -0.25) is 4.79 Å². The molecule has 0 aromatic carbocycles. The molecule has 2 saturated carbocycles. The number of carbonyl (C=O) groups excluding carboxylic acids is 1. The van der Waals surface area contributed by atoms with E-state index >= 15 is 0 Å². The summed E-state index contributed by atoms with van der Waals surface area (Å²) < 4.78 is 0. The lowest BCUT2D eigenvalue weighted by atomic mass is 9.75. The summed E-state index contributed by atoms with van der Waals surface area (Å²) in [7, 11) is 0. The standard InChI is InChI=1S/C13H23NO/c14-10-13(7-3-1-2-4-8-13)12(15)9-11-5-6-11/h11H,1-10,14H2. The molecule has 2 fully saturated rings. The Kier molecular flexibility index (Phi) is 3.45. The Morgan fingerprint density at radius 2 is 1.73 bits per heavy atom. The molecule has 0 atom stereocenters. The predicted molar refractivity (Wildman–Crippen MR) is 61.5 cm³/mol. The van der Waals surface area contributed by atoms with E-state index in [9.17, 15) is 4.79 Å². The van der Waals surface area contributed by atoms with Gasteiger partial charge in [0.25, 0.3) is 0 Å². The van der Waals surface area contributed by atoms with Gasteiger partial charge in [0.2, 0.25) is 0 Å². The van der Waals surface area contributed by atoms with Crippen molar-refractivity contribution in [2.45, 2.75) is 57.8 Å². The van der Waals surface area contributed by atoms with Gasteiger partial charge in [0.05, 0.1) is 0 Å². The van der Waals surface area contributed by atoms with Crippen LogP contribution in [0.1, 0.15) is 57.8 Å². The molecular formula is C13H23NO. The van der Waals surface area contributed by atoms with Gasteiger partial charge < -0.3 is 5.73 Å². The molecule has 2 heteroatoms. The largest absolute Gasteiger partial charge is 0.329 e. The monoisotopic (exact) mass is 209 g/mol. The molecule has 2 rings (SSSR count). The first-order valence-electron chi connectivity index (χ1n) is 6.50. The average Bonchev–Trinajstić information content (AvgIpc) is 3.03. The van der Waals surface area contributed by atoms with Crippen molar-refractivity contribution in [1.82, 2.24) is 0 Å². The fourth-order valence-electron chi connectivity index (χ4n) is 2.80. The molecule has 2 aliphatic rings. The molecule has 0 saturated heterocycles. The van der Waals surface area contributed by atoms with Gasteiger partial charge in [0.1, 0.15) is 5.78 Å². The third-order valence-electron chi connectivity index (χ3n) is 4.21. The molecule has 0 heterocycles. The fraction of sp³-hybridized carbons (Fsp3) is 0.923. The summed E-state index contributed by atoms with van der Waals surface area (Å²) in [5.41, 5.74) is 5.76. The maximum absolute atomic E-state index is 12.3. The van der Waals surface area contributed by atoms with Crippen molar-refractivity contribution in [3.05, 3.63) is 0 Å². The number of ketones is 1. The van der Waals surface area contributed by atoms with Crippen molar-refractivity contribution >= 4 is 5.78 Å². The van der Waals surface area contributed by atoms with Crippen molar-refractivity contribution in [2.24, 2.45) is 17.1 Å². The molecule has 0 aromatic heterocycles. The SMILES string of the molecule is NCC1(C(=O)CC2CC2)CCCCCC1. The van der Waals surface area contributed by atoms with Crippen LogP contribution in [0.4, 0.5) is 0 Å². The van der Waals surface area contributed by atoms with E-state index < -0.39 is 0 Å². The fourth-order valence-corrected chi connectivity index (χ4v) is 2.80. The lowest BCUT2D eigenvalue weighted by molar-refractivity contribution is -0.129. The molecule has 0 spiro atoms. The Hall–Kier alpha value is -0.370. The number of rotatable bonds is 4. The molecule has 0 aromatic rings. The third-order valence-corrected chi connectivity index (χ3v) is 4.21. The molecule has 2 N–H and O–H groups in total. The second-order valence-electron chi connectivity index (χ2n) is 5.47. The van der Waals surface area contributed by atoms with Crippen molar-refractivity contribution in [2.75, 3.05) is 6.54 Å². The molecule has 2 nitrogen and oxygen atoms in total. The molecule has 0 aliphatic heterocycles. The van der Waals surface area contributed by atoms with Gasteiger partial charge in [-0.1, -0.05) is 25.7 Å².